The second-order valence-corrected chi connectivity index (χ2v) is 7.76. The number of carbonyl (C=O) groups excluding carboxylic acids is 1. The number of rotatable bonds is 5. The topological polar surface area (TPSA) is 40.5 Å². The zero-order valence-electron chi connectivity index (χ0n) is 16.0. The van der Waals surface area contributed by atoms with Gasteiger partial charge in [-0.3, -0.25) is 4.79 Å². The molecule has 1 amide bonds. The predicted octanol–water partition coefficient (Wildman–Crippen LogP) is 4.29. The van der Waals surface area contributed by atoms with Gasteiger partial charge in [-0.2, -0.15) is 0 Å². The molecule has 1 saturated heterocycles. The van der Waals surface area contributed by atoms with Crippen molar-refractivity contribution in [2.45, 2.75) is 51.7 Å². The molecule has 3 atom stereocenters. The van der Waals surface area contributed by atoms with Gasteiger partial charge >= 0.3 is 0 Å². The molecule has 1 fully saturated rings. The first kappa shape index (κ1) is 18.7. The Kier molecular flexibility index (Phi) is 5.47. The van der Waals surface area contributed by atoms with E-state index in [-0.39, 0.29) is 11.8 Å². The molecule has 1 aliphatic rings. The molecule has 0 unspecified atom stereocenters. The van der Waals surface area contributed by atoms with Gasteiger partial charge in [-0.15, -0.1) is 0 Å². The molecule has 2 aromatic carbocycles. The van der Waals surface area contributed by atoms with Gasteiger partial charge in [-0.1, -0.05) is 67.1 Å². The van der Waals surface area contributed by atoms with E-state index < -0.39 is 11.5 Å². The minimum atomic E-state index is -0.976. The fourth-order valence-electron chi connectivity index (χ4n) is 4.13. The summed E-state index contributed by atoms with van der Waals surface area (Å²) < 4.78 is 0. The van der Waals surface area contributed by atoms with Crippen LogP contribution in [0, 0.1) is 12.8 Å². The molecule has 1 N–H and O–H groups in total. The van der Waals surface area contributed by atoms with Crippen LogP contribution in [0.2, 0.25) is 0 Å². The highest BCUT2D eigenvalue weighted by molar-refractivity contribution is 5.82. The summed E-state index contributed by atoms with van der Waals surface area (Å²) >= 11 is 0. The average molecular weight is 351 g/mol. The van der Waals surface area contributed by atoms with Crippen LogP contribution in [0.5, 0.6) is 0 Å². The van der Waals surface area contributed by atoms with Crippen molar-refractivity contribution in [2.75, 3.05) is 6.54 Å². The first-order valence-electron chi connectivity index (χ1n) is 9.54. The Labute approximate surface area is 156 Å². The quantitative estimate of drug-likeness (QED) is 0.873. The van der Waals surface area contributed by atoms with E-state index in [1.165, 1.54) is 5.56 Å². The Morgan fingerprint density at radius 3 is 2.42 bits per heavy atom. The van der Waals surface area contributed by atoms with Crippen LogP contribution in [0.3, 0.4) is 0 Å². The lowest BCUT2D eigenvalue weighted by atomic mass is 9.70. The third-order valence-electron chi connectivity index (χ3n) is 5.70. The van der Waals surface area contributed by atoms with Crippen LogP contribution in [0.1, 0.15) is 49.3 Å². The summed E-state index contributed by atoms with van der Waals surface area (Å²) in [7, 11) is 0. The molecule has 2 aromatic rings. The number of nitrogens with zero attached hydrogens (tertiary/aromatic N) is 1. The van der Waals surface area contributed by atoms with E-state index >= 15 is 0 Å². The SMILES string of the molecule is CC[C@@H](c1ccc(C)cc1)[C@H]1C(=O)N(Cc2ccccc2)CC[C@@]1(C)O. The second kappa shape index (κ2) is 7.63. The third kappa shape index (κ3) is 3.83. The lowest BCUT2D eigenvalue weighted by Gasteiger charge is -2.45. The van der Waals surface area contributed by atoms with Crippen molar-refractivity contribution >= 4 is 5.91 Å². The summed E-state index contributed by atoms with van der Waals surface area (Å²) in [6.07, 6.45) is 1.44. The number of piperidine rings is 1. The largest absolute Gasteiger partial charge is 0.389 e. The van der Waals surface area contributed by atoms with Crippen molar-refractivity contribution in [2.24, 2.45) is 5.92 Å². The van der Waals surface area contributed by atoms with E-state index in [1.54, 1.807) is 0 Å². The Morgan fingerprint density at radius 1 is 1.15 bits per heavy atom. The van der Waals surface area contributed by atoms with Crippen molar-refractivity contribution in [3.8, 4) is 0 Å². The number of carbonyl (C=O) groups is 1. The molecule has 1 aliphatic heterocycles. The standard InChI is InChI=1S/C23H29NO2/c1-4-20(19-12-10-17(2)11-13-19)21-22(25)24(15-14-23(21,3)26)16-18-8-6-5-7-9-18/h5-13,20-21,26H,4,14-16H2,1-3H3/t20-,21-,23+/m0/s1. The Morgan fingerprint density at radius 2 is 1.81 bits per heavy atom. The summed E-state index contributed by atoms with van der Waals surface area (Å²) in [5, 5.41) is 11.1. The molecule has 0 bridgehead atoms. The molecule has 1 heterocycles. The molecule has 138 valence electrons. The molecular weight excluding hydrogens is 322 g/mol. The van der Waals surface area contributed by atoms with Gasteiger partial charge < -0.3 is 10.0 Å². The Balaban J connectivity index is 1.88. The molecule has 0 aromatic heterocycles. The second-order valence-electron chi connectivity index (χ2n) is 7.76. The molecule has 26 heavy (non-hydrogen) atoms. The van der Waals surface area contributed by atoms with Crippen molar-refractivity contribution in [1.82, 2.24) is 4.90 Å². The monoisotopic (exact) mass is 351 g/mol. The van der Waals surface area contributed by atoms with E-state index in [2.05, 4.69) is 38.1 Å². The fraction of sp³-hybridized carbons (Fsp3) is 0.435. The van der Waals surface area contributed by atoms with Crippen LogP contribution < -0.4 is 0 Å². The van der Waals surface area contributed by atoms with E-state index in [1.807, 2.05) is 42.2 Å². The molecule has 0 saturated carbocycles. The number of hydrogen-bond donors (Lipinski definition) is 1. The number of likely N-dealkylation sites (tertiary alicyclic amines) is 1. The summed E-state index contributed by atoms with van der Waals surface area (Å²) in [6, 6.07) is 18.4. The zero-order valence-corrected chi connectivity index (χ0v) is 16.0. The van der Waals surface area contributed by atoms with Gasteiger partial charge in [-0.05, 0) is 43.7 Å². The summed E-state index contributed by atoms with van der Waals surface area (Å²) in [5.41, 5.74) is 2.49. The maximum Gasteiger partial charge on any atom is 0.229 e. The average Bonchev–Trinajstić information content (AvgIpc) is 2.63. The summed E-state index contributed by atoms with van der Waals surface area (Å²) in [6.45, 7) is 7.20. The Bertz CT molecular complexity index is 737. The van der Waals surface area contributed by atoms with E-state index in [4.69, 9.17) is 0 Å². The number of hydrogen-bond acceptors (Lipinski definition) is 2. The van der Waals surface area contributed by atoms with Gasteiger partial charge in [0.25, 0.3) is 0 Å². The number of aryl methyl sites for hydroxylation is 1. The van der Waals surface area contributed by atoms with Gasteiger partial charge in [-0.25, -0.2) is 0 Å². The molecule has 3 rings (SSSR count). The minimum absolute atomic E-state index is 0.0247. The van der Waals surface area contributed by atoms with Crippen LogP contribution in [0.15, 0.2) is 54.6 Å². The molecule has 0 radical (unpaired) electrons. The first-order valence-corrected chi connectivity index (χ1v) is 9.54. The van der Waals surface area contributed by atoms with Gasteiger partial charge in [0.2, 0.25) is 5.91 Å². The van der Waals surface area contributed by atoms with Gasteiger partial charge in [0.1, 0.15) is 0 Å². The van der Waals surface area contributed by atoms with Crippen molar-refractivity contribution < 1.29 is 9.90 Å². The van der Waals surface area contributed by atoms with Crippen molar-refractivity contribution in [3.63, 3.8) is 0 Å². The van der Waals surface area contributed by atoms with E-state index in [9.17, 15) is 9.90 Å². The van der Waals surface area contributed by atoms with E-state index in [0.29, 0.717) is 19.5 Å². The van der Waals surface area contributed by atoms with Gasteiger partial charge in [0, 0.05) is 13.1 Å². The normalized spacial score (nSPS) is 24.5. The van der Waals surface area contributed by atoms with Gasteiger partial charge in [0.15, 0.2) is 0 Å². The smallest absolute Gasteiger partial charge is 0.229 e. The molecular formula is C23H29NO2. The van der Waals surface area contributed by atoms with Crippen LogP contribution in [0.25, 0.3) is 0 Å². The highest BCUT2D eigenvalue weighted by Crippen LogP contribution is 2.41. The number of aliphatic hydroxyl groups is 1. The van der Waals surface area contributed by atoms with Crippen molar-refractivity contribution in [1.29, 1.82) is 0 Å². The zero-order chi connectivity index (χ0) is 18.7. The van der Waals surface area contributed by atoms with Crippen LogP contribution >= 0.6 is 0 Å². The molecule has 0 spiro atoms. The highest BCUT2D eigenvalue weighted by Gasteiger charge is 2.47. The van der Waals surface area contributed by atoms with Crippen LogP contribution in [0.4, 0.5) is 0 Å². The van der Waals surface area contributed by atoms with Crippen LogP contribution in [-0.4, -0.2) is 28.1 Å². The summed E-state index contributed by atoms with van der Waals surface area (Å²) in [5.74, 6) is -0.318. The molecule has 3 nitrogen and oxygen atoms in total. The minimum Gasteiger partial charge on any atom is -0.389 e. The maximum absolute atomic E-state index is 13.4. The first-order chi connectivity index (χ1) is 12.4. The highest BCUT2D eigenvalue weighted by atomic mass is 16.3. The lowest BCUT2D eigenvalue weighted by Crippen LogP contribution is -2.55. The van der Waals surface area contributed by atoms with E-state index in [0.717, 1.165) is 17.5 Å². The lowest BCUT2D eigenvalue weighted by molar-refractivity contribution is -0.156. The molecule has 3 heteroatoms. The summed E-state index contributed by atoms with van der Waals surface area (Å²) in [4.78, 5) is 15.3. The van der Waals surface area contributed by atoms with Gasteiger partial charge in [0.05, 0.1) is 11.5 Å². The Hall–Kier alpha value is -2.13. The van der Waals surface area contributed by atoms with Crippen LogP contribution in [-0.2, 0) is 11.3 Å². The maximum atomic E-state index is 13.4. The predicted molar refractivity (Wildman–Crippen MR) is 105 cm³/mol. The third-order valence-corrected chi connectivity index (χ3v) is 5.70. The number of amides is 1. The molecule has 0 aliphatic carbocycles. The number of benzene rings is 2. The fourth-order valence-corrected chi connectivity index (χ4v) is 4.13. The van der Waals surface area contributed by atoms with Crippen molar-refractivity contribution in [3.05, 3.63) is 71.3 Å².